The fourth-order valence-electron chi connectivity index (χ4n) is 3.65. The van der Waals surface area contributed by atoms with E-state index in [0.717, 1.165) is 17.7 Å². The van der Waals surface area contributed by atoms with E-state index in [-0.39, 0.29) is 18.6 Å². The number of fused-ring (bicyclic) bond motifs is 1. The highest BCUT2D eigenvalue weighted by molar-refractivity contribution is 6.04. The zero-order chi connectivity index (χ0) is 23.7. The molecule has 0 aliphatic carbocycles. The van der Waals surface area contributed by atoms with Gasteiger partial charge >= 0.3 is 6.18 Å². The highest BCUT2D eigenvalue weighted by Gasteiger charge is 2.32. The molecule has 5 rings (SSSR count). The van der Waals surface area contributed by atoms with Crippen LogP contribution in [0.25, 0.3) is 11.3 Å². The molecule has 0 saturated carbocycles. The average Bonchev–Trinajstić information content (AvgIpc) is 3.49. The molecule has 0 unspecified atom stereocenters. The summed E-state index contributed by atoms with van der Waals surface area (Å²) < 4.78 is 44.2. The van der Waals surface area contributed by atoms with E-state index in [1.165, 1.54) is 12.4 Å². The quantitative estimate of drug-likeness (QED) is 0.372. The number of pyridine rings is 1. The van der Waals surface area contributed by atoms with Gasteiger partial charge in [-0.2, -0.15) is 13.2 Å². The number of aryl methyl sites for hydroxylation is 1. The number of Topliss-reactive ketones (excluding diaryl/α,β-unsaturated/α-hetero) is 1. The van der Waals surface area contributed by atoms with Crippen LogP contribution < -0.4 is 0 Å². The Bertz CT molecular complexity index is 1400. The maximum absolute atomic E-state index is 13.0. The maximum atomic E-state index is 13.0. The summed E-state index contributed by atoms with van der Waals surface area (Å²) in [6, 6.07) is 10.3. The second-order valence-electron chi connectivity index (χ2n) is 7.71. The van der Waals surface area contributed by atoms with Crippen molar-refractivity contribution in [3.05, 3.63) is 89.5 Å². The van der Waals surface area contributed by atoms with Gasteiger partial charge in [0.25, 0.3) is 0 Å². The number of aliphatic imine (C=N–C) groups is 1. The molecule has 34 heavy (non-hydrogen) atoms. The van der Waals surface area contributed by atoms with Gasteiger partial charge in [0.15, 0.2) is 11.5 Å². The summed E-state index contributed by atoms with van der Waals surface area (Å²) in [5, 5.41) is 3.98. The molecule has 4 heterocycles. The third-order valence-corrected chi connectivity index (χ3v) is 5.40. The lowest BCUT2D eigenvalue weighted by atomic mass is 10.0. The predicted octanol–water partition coefficient (Wildman–Crippen LogP) is 5.04. The van der Waals surface area contributed by atoms with Gasteiger partial charge in [0.05, 0.1) is 28.4 Å². The first-order valence-corrected chi connectivity index (χ1v) is 10.4. The molecule has 0 atom stereocenters. The molecule has 170 valence electrons. The number of halogens is 3. The standard InChI is InChI=1S/C24H16F3N5O2/c25-24(26,27)16-1-3-18-15(9-16)10-21(31-18)23-11-17(32-34-23)2-4-22(33)20-12-19(29-13-30-20)14-5-7-28-8-6-14/h1,3,5-9,11-13H,2,4,10H2. The first kappa shape index (κ1) is 21.6. The number of aromatic nitrogens is 4. The summed E-state index contributed by atoms with van der Waals surface area (Å²) in [5.41, 5.74) is 3.03. The van der Waals surface area contributed by atoms with Gasteiger partial charge in [-0.1, -0.05) is 5.16 Å². The van der Waals surface area contributed by atoms with E-state index >= 15 is 0 Å². The second-order valence-corrected chi connectivity index (χ2v) is 7.71. The molecule has 1 aliphatic heterocycles. The molecule has 0 radical (unpaired) electrons. The second kappa shape index (κ2) is 8.62. The zero-order valence-electron chi connectivity index (χ0n) is 17.6. The van der Waals surface area contributed by atoms with E-state index < -0.39 is 11.7 Å². The minimum absolute atomic E-state index is 0.153. The molecular formula is C24H16F3N5O2. The van der Waals surface area contributed by atoms with Gasteiger partial charge in [0, 0.05) is 43.3 Å². The van der Waals surface area contributed by atoms with Gasteiger partial charge in [0.1, 0.15) is 12.0 Å². The summed E-state index contributed by atoms with van der Waals surface area (Å²) in [7, 11) is 0. The molecule has 0 N–H and O–H groups in total. The maximum Gasteiger partial charge on any atom is 0.416 e. The molecule has 0 amide bonds. The van der Waals surface area contributed by atoms with E-state index in [4.69, 9.17) is 4.52 Å². The molecule has 3 aromatic heterocycles. The molecular weight excluding hydrogens is 447 g/mol. The summed E-state index contributed by atoms with van der Waals surface area (Å²) in [5.74, 6) is 0.196. The fourth-order valence-corrected chi connectivity index (χ4v) is 3.65. The number of carbonyl (C=O) groups is 1. The van der Waals surface area contributed by atoms with Crippen molar-refractivity contribution < 1.29 is 22.5 Å². The van der Waals surface area contributed by atoms with Gasteiger partial charge in [-0.15, -0.1) is 0 Å². The molecule has 0 saturated heterocycles. The number of ketones is 1. The van der Waals surface area contributed by atoms with E-state index in [1.54, 1.807) is 36.7 Å². The Morgan fingerprint density at radius 1 is 1.03 bits per heavy atom. The Balaban J connectivity index is 1.24. The summed E-state index contributed by atoms with van der Waals surface area (Å²) >= 11 is 0. The van der Waals surface area contributed by atoms with Gasteiger partial charge in [-0.25, -0.2) is 15.0 Å². The van der Waals surface area contributed by atoms with E-state index in [1.807, 2.05) is 0 Å². The van der Waals surface area contributed by atoms with Crippen molar-refractivity contribution in [3.63, 3.8) is 0 Å². The fraction of sp³-hybridized carbons (Fsp3) is 0.167. The summed E-state index contributed by atoms with van der Waals surface area (Å²) in [6.07, 6.45) is 0.901. The number of rotatable bonds is 6. The van der Waals surface area contributed by atoms with E-state index in [2.05, 4.69) is 25.1 Å². The van der Waals surface area contributed by atoms with Crippen LogP contribution in [0.15, 0.2) is 70.7 Å². The molecule has 10 heteroatoms. The van der Waals surface area contributed by atoms with Crippen molar-refractivity contribution in [2.24, 2.45) is 4.99 Å². The Morgan fingerprint density at radius 2 is 1.85 bits per heavy atom. The Kier molecular flexibility index (Phi) is 5.48. The molecule has 0 bridgehead atoms. The smallest absolute Gasteiger partial charge is 0.355 e. The molecule has 0 fully saturated rings. The number of carbonyl (C=O) groups excluding carboxylic acids is 1. The van der Waals surface area contributed by atoms with E-state index in [9.17, 15) is 18.0 Å². The van der Waals surface area contributed by atoms with Crippen LogP contribution in [0.4, 0.5) is 18.9 Å². The minimum Gasteiger partial charge on any atom is -0.355 e. The summed E-state index contributed by atoms with van der Waals surface area (Å²) in [4.78, 5) is 29.3. The molecule has 1 aromatic carbocycles. The molecule has 1 aliphatic rings. The first-order valence-electron chi connectivity index (χ1n) is 10.4. The van der Waals surface area contributed by atoms with Crippen molar-refractivity contribution in [1.29, 1.82) is 0 Å². The van der Waals surface area contributed by atoms with Gasteiger partial charge < -0.3 is 4.52 Å². The molecule has 0 spiro atoms. The van der Waals surface area contributed by atoms with Crippen molar-refractivity contribution >= 4 is 17.2 Å². The minimum atomic E-state index is -4.41. The average molecular weight is 463 g/mol. The lowest BCUT2D eigenvalue weighted by Crippen LogP contribution is -2.05. The summed E-state index contributed by atoms with van der Waals surface area (Å²) in [6.45, 7) is 0. The van der Waals surface area contributed by atoms with Gasteiger partial charge in [-0.05, 0) is 42.0 Å². The Hall–Kier alpha value is -4.21. The van der Waals surface area contributed by atoms with Crippen LogP contribution in [0.3, 0.4) is 0 Å². The normalized spacial score (nSPS) is 13.0. The first-order chi connectivity index (χ1) is 16.4. The lowest BCUT2D eigenvalue weighted by molar-refractivity contribution is -0.137. The third kappa shape index (κ3) is 4.47. The monoisotopic (exact) mass is 463 g/mol. The Morgan fingerprint density at radius 3 is 2.65 bits per heavy atom. The zero-order valence-corrected chi connectivity index (χ0v) is 17.6. The van der Waals surface area contributed by atoms with Crippen molar-refractivity contribution in [2.45, 2.75) is 25.4 Å². The van der Waals surface area contributed by atoms with Crippen LogP contribution in [0.1, 0.15) is 39.5 Å². The van der Waals surface area contributed by atoms with Gasteiger partial charge in [-0.3, -0.25) is 9.78 Å². The van der Waals surface area contributed by atoms with Crippen LogP contribution >= 0.6 is 0 Å². The van der Waals surface area contributed by atoms with Gasteiger partial charge in [0.2, 0.25) is 0 Å². The van der Waals surface area contributed by atoms with E-state index in [0.29, 0.717) is 46.2 Å². The van der Waals surface area contributed by atoms with Crippen LogP contribution in [0.5, 0.6) is 0 Å². The topological polar surface area (TPSA) is 94.1 Å². The van der Waals surface area contributed by atoms with Crippen LogP contribution in [-0.2, 0) is 19.0 Å². The highest BCUT2D eigenvalue weighted by atomic mass is 19.4. The van der Waals surface area contributed by atoms with Crippen LogP contribution in [-0.4, -0.2) is 31.6 Å². The molecule has 7 nitrogen and oxygen atoms in total. The number of benzene rings is 1. The van der Waals surface area contributed by atoms with Crippen molar-refractivity contribution in [2.75, 3.05) is 0 Å². The largest absolute Gasteiger partial charge is 0.416 e. The number of alkyl halides is 3. The number of hydrogen-bond donors (Lipinski definition) is 0. The number of nitrogens with zero attached hydrogens (tertiary/aromatic N) is 5. The SMILES string of the molecule is O=C(CCc1cc(C2=Nc3ccc(C(F)(F)F)cc3C2)on1)c1cc(-c2ccncc2)ncn1. The molecule has 4 aromatic rings. The van der Waals surface area contributed by atoms with Crippen LogP contribution in [0.2, 0.25) is 0 Å². The predicted molar refractivity (Wildman–Crippen MR) is 116 cm³/mol. The Labute approximate surface area is 191 Å². The third-order valence-electron chi connectivity index (χ3n) is 5.40. The number of hydrogen-bond acceptors (Lipinski definition) is 7. The van der Waals surface area contributed by atoms with Crippen LogP contribution in [0, 0.1) is 0 Å². The van der Waals surface area contributed by atoms with Crippen molar-refractivity contribution in [3.8, 4) is 11.3 Å². The van der Waals surface area contributed by atoms with Crippen molar-refractivity contribution in [1.82, 2.24) is 20.1 Å². The highest BCUT2D eigenvalue weighted by Crippen LogP contribution is 2.36. The lowest BCUT2D eigenvalue weighted by Gasteiger charge is -2.07.